The molecule has 0 aromatic heterocycles. The van der Waals surface area contributed by atoms with Crippen molar-refractivity contribution < 1.29 is 19.1 Å². The first-order valence-corrected chi connectivity index (χ1v) is 12.7. The van der Waals surface area contributed by atoms with Crippen molar-refractivity contribution in [3.05, 3.63) is 114 Å². The number of benzene rings is 4. The Morgan fingerprint density at radius 2 is 1.50 bits per heavy atom. The summed E-state index contributed by atoms with van der Waals surface area (Å²) in [6, 6.07) is 27.0. The average molecular weight is 501 g/mol. The molecule has 4 aromatic carbocycles. The van der Waals surface area contributed by atoms with Gasteiger partial charge in [-0.2, -0.15) is 0 Å². The predicted molar refractivity (Wildman–Crippen MR) is 145 cm³/mol. The lowest BCUT2D eigenvalue weighted by molar-refractivity contribution is -0.123. The van der Waals surface area contributed by atoms with E-state index in [2.05, 4.69) is 0 Å². The van der Waals surface area contributed by atoms with Crippen molar-refractivity contribution in [2.24, 2.45) is 11.8 Å². The number of hydrogen-bond donors (Lipinski definition) is 0. The zero-order chi connectivity index (χ0) is 26.0. The van der Waals surface area contributed by atoms with Gasteiger partial charge >= 0.3 is 0 Å². The van der Waals surface area contributed by atoms with Gasteiger partial charge in [0.1, 0.15) is 11.8 Å². The number of fused-ring (bicyclic) bond motifs is 6. The van der Waals surface area contributed by atoms with Gasteiger partial charge in [0, 0.05) is 11.8 Å². The molecule has 0 aliphatic carbocycles. The van der Waals surface area contributed by atoms with Crippen LogP contribution in [0.1, 0.15) is 27.5 Å². The van der Waals surface area contributed by atoms with Crippen LogP contribution in [0.25, 0.3) is 16.8 Å². The van der Waals surface area contributed by atoms with E-state index >= 15 is 0 Å². The van der Waals surface area contributed by atoms with Crippen molar-refractivity contribution in [1.29, 1.82) is 0 Å². The van der Waals surface area contributed by atoms with E-state index in [4.69, 9.17) is 4.74 Å². The summed E-state index contributed by atoms with van der Waals surface area (Å²) in [5, 5.41) is 1.97. The van der Waals surface area contributed by atoms with Crippen LogP contribution in [0.5, 0.6) is 5.75 Å². The molecule has 3 aliphatic heterocycles. The molecule has 6 nitrogen and oxygen atoms in total. The zero-order valence-electron chi connectivity index (χ0n) is 20.7. The highest BCUT2D eigenvalue weighted by Crippen LogP contribution is 2.53. The first-order valence-electron chi connectivity index (χ1n) is 12.7. The Labute approximate surface area is 219 Å². The van der Waals surface area contributed by atoms with Gasteiger partial charge in [-0.05, 0) is 64.4 Å². The molecular weight excluding hydrogens is 476 g/mol. The summed E-state index contributed by atoms with van der Waals surface area (Å²) in [5.41, 5.74) is 2.97. The van der Waals surface area contributed by atoms with Gasteiger partial charge in [-0.1, -0.05) is 54.6 Å². The number of imide groups is 1. The number of amides is 2. The van der Waals surface area contributed by atoms with Crippen LogP contribution in [0.3, 0.4) is 0 Å². The summed E-state index contributed by atoms with van der Waals surface area (Å²) in [7, 11) is 1.57. The Balaban J connectivity index is 1.35. The summed E-state index contributed by atoms with van der Waals surface area (Å²) >= 11 is 0. The molecule has 2 saturated heterocycles. The summed E-state index contributed by atoms with van der Waals surface area (Å²) in [5.74, 6) is -1.61. The van der Waals surface area contributed by atoms with Crippen LogP contribution >= 0.6 is 0 Å². The maximum Gasteiger partial charge on any atom is 0.240 e. The van der Waals surface area contributed by atoms with E-state index in [0.717, 1.165) is 21.9 Å². The molecule has 2 fully saturated rings. The molecule has 0 bridgehead atoms. The molecule has 2 amide bonds. The van der Waals surface area contributed by atoms with Crippen LogP contribution in [0.15, 0.2) is 97.2 Å². The highest BCUT2D eigenvalue weighted by atomic mass is 16.5. The Bertz CT molecular complexity index is 1660. The quantitative estimate of drug-likeness (QED) is 0.283. The standard InChI is InChI=1S/C32H24N2O4/c1-38-24-14-11-21(12-15-24)30(35)29-27-26(28-25-9-5-4-7-20(25)16-17-33(28)29)31(36)34(32(27)37)23-13-10-19-6-2-3-8-22(19)18-23/h2-18,26-29H,1H3. The Morgan fingerprint density at radius 3 is 2.29 bits per heavy atom. The fraction of sp³-hybridized carbons (Fsp3) is 0.156. The first-order chi connectivity index (χ1) is 18.6. The first kappa shape index (κ1) is 22.5. The Kier molecular flexibility index (Phi) is 4.98. The number of ketones is 1. The third-order valence-corrected chi connectivity index (χ3v) is 8.10. The third kappa shape index (κ3) is 3.16. The lowest BCUT2D eigenvalue weighted by Gasteiger charge is -2.35. The fourth-order valence-electron chi connectivity index (χ4n) is 6.35. The van der Waals surface area contributed by atoms with Crippen LogP contribution in [-0.4, -0.2) is 35.6 Å². The minimum absolute atomic E-state index is 0.185. The van der Waals surface area contributed by atoms with E-state index < -0.39 is 23.9 Å². The van der Waals surface area contributed by atoms with Crippen LogP contribution in [0.2, 0.25) is 0 Å². The average Bonchev–Trinajstić information content (AvgIpc) is 3.44. The minimum Gasteiger partial charge on any atom is -0.497 e. The number of rotatable bonds is 4. The number of Topliss-reactive ketones (excluding diaryl/α,β-unsaturated/α-hetero) is 1. The molecule has 4 atom stereocenters. The van der Waals surface area contributed by atoms with Gasteiger partial charge in [0.05, 0.1) is 30.7 Å². The van der Waals surface area contributed by atoms with E-state index in [1.807, 2.05) is 83.9 Å². The lowest BCUT2D eigenvalue weighted by atomic mass is 9.83. The van der Waals surface area contributed by atoms with Crippen molar-refractivity contribution in [2.75, 3.05) is 12.0 Å². The summed E-state index contributed by atoms with van der Waals surface area (Å²) < 4.78 is 5.26. The second kappa shape index (κ2) is 8.42. The second-order valence-corrected chi connectivity index (χ2v) is 9.97. The van der Waals surface area contributed by atoms with Gasteiger partial charge in [-0.3, -0.25) is 14.4 Å². The van der Waals surface area contributed by atoms with Gasteiger partial charge in [0.2, 0.25) is 11.8 Å². The van der Waals surface area contributed by atoms with E-state index in [9.17, 15) is 14.4 Å². The van der Waals surface area contributed by atoms with E-state index in [1.165, 1.54) is 4.90 Å². The van der Waals surface area contributed by atoms with Crippen molar-refractivity contribution in [1.82, 2.24) is 4.90 Å². The largest absolute Gasteiger partial charge is 0.497 e. The molecule has 0 spiro atoms. The summed E-state index contributed by atoms with van der Waals surface area (Å²) in [6.45, 7) is 0. The van der Waals surface area contributed by atoms with Crippen LogP contribution in [0.4, 0.5) is 5.69 Å². The molecule has 4 aromatic rings. The topological polar surface area (TPSA) is 66.9 Å². The molecule has 186 valence electrons. The van der Waals surface area contributed by atoms with Gasteiger partial charge < -0.3 is 9.64 Å². The maximum atomic E-state index is 14.1. The highest BCUT2D eigenvalue weighted by Gasteiger charge is 2.64. The monoisotopic (exact) mass is 500 g/mol. The lowest BCUT2D eigenvalue weighted by Crippen LogP contribution is -2.44. The number of anilines is 1. The molecular formula is C32H24N2O4. The molecule has 3 heterocycles. The van der Waals surface area contributed by atoms with E-state index in [0.29, 0.717) is 17.0 Å². The van der Waals surface area contributed by atoms with Crippen LogP contribution in [0, 0.1) is 11.8 Å². The normalized spacial score (nSPS) is 23.4. The molecule has 4 unspecified atom stereocenters. The number of carbonyl (C=O) groups is 3. The van der Waals surface area contributed by atoms with Crippen molar-refractivity contribution in [3.8, 4) is 5.75 Å². The van der Waals surface area contributed by atoms with Crippen molar-refractivity contribution in [2.45, 2.75) is 12.1 Å². The molecule has 0 saturated carbocycles. The van der Waals surface area contributed by atoms with Gasteiger partial charge in [0.15, 0.2) is 5.78 Å². The minimum atomic E-state index is -0.802. The van der Waals surface area contributed by atoms with E-state index in [1.54, 1.807) is 31.4 Å². The number of ether oxygens (including phenoxy) is 1. The molecule has 0 N–H and O–H groups in total. The smallest absolute Gasteiger partial charge is 0.240 e. The second-order valence-electron chi connectivity index (χ2n) is 9.97. The maximum absolute atomic E-state index is 14.1. The fourth-order valence-corrected chi connectivity index (χ4v) is 6.35. The Morgan fingerprint density at radius 1 is 0.789 bits per heavy atom. The molecule has 7 rings (SSSR count). The third-order valence-electron chi connectivity index (χ3n) is 8.10. The number of hydrogen-bond acceptors (Lipinski definition) is 5. The van der Waals surface area contributed by atoms with Crippen molar-refractivity contribution >= 4 is 40.1 Å². The van der Waals surface area contributed by atoms with Crippen molar-refractivity contribution in [3.63, 3.8) is 0 Å². The Hall–Kier alpha value is -4.71. The van der Waals surface area contributed by atoms with Crippen LogP contribution < -0.4 is 9.64 Å². The highest BCUT2D eigenvalue weighted by molar-refractivity contribution is 6.25. The molecule has 6 heteroatoms. The molecule has 0 radical (unpaired) electrons. The number of methoxy groups -OCH3 is 1. The number of nitrogens with zero attached hydrogens (tertiary/aromatic N) is 2. The predicted octanol–water partition coefficient (Wildman–Crippen LogP) is 5.25. The SMILES string of the molecule is COc1ccc(C(=O)C2C3C(=O)N(c4ccc5ccccc5c4)C(=O)C3C3c4ccccc4C=CN23)cc1. The summed E-state index contributed by atoms with van der Waals surface area (Å²) in [4.78, 5) is 45.5. The molecule has 3 aliphatic rings. The zero-order valence-corrected chi connectivity index (χ0v) is 20.7. The number of carbonyl (C=O) groups excluding carboxylic acids is 3. The van der Waals surface area contributed by atoms with Gasteiger partial charge in [-0.25, -0.2) is 4.90 Å². The van der Waals surface area contributed by atoms with Gasteiger partial charge in [0.25, 0.3) is 0 Å². The van der Waals surface area contributed by atoms with E-state index in [-0.39, 0.29) is 17.6 Å². The summed E-state index contributed by atoms with van der Waals surface area (Å²) in [6.07, 6.45) is 3.83. The van der Waals surface area contributed by atoms with Crippen LogP contribution in [-0.2, 0) is 9.59 Å². The molecule has 38 heavy (non-hydrogen) atoms. The van der Waals surface area contributed by atoms with Gasteiger partial charge in [-0.15, -0.1) is 0 Å².